The summed E-state index contributed by atoms with van der Waals surface area (Å²) >= 11 is 3.42. The average Bonchev–Trinajstić information content (AvgIpc) is 3.22. The first-order chi connectivity index (χ1) is 22.1. The fourth-order valence-corrected chi connectivity index (χ4v) is 5.51. The number of carbonyl (C=O) groups is 4. The number of fused-ring (bicyclic) bond motifs is 2. The second-order valence-corrected chi connectivity index (χ2v) is 14.4. The largest absolute Gasteiger partial charge is 0.444 e. The molecule has 0 radical (unpaired) electrons. The Morgan fingerprint density at radius 3 is 1.64 bits per heavy atom. The van der Waals surface area contributed by atoms with Crippen LogP contribution in [0.5, 0.6) is 0 Å². The van der Waals surface area contributed by atoms with E-state index in [-0.39, 0.29) is 11.8 Å². The molecule has 2 heterocycles. The van der Waals surface area contributed by atoms with Crippen molar-refractivity contribution in [3.8, 4) is 11.1 Å². The molecule has 2 aliphatic rings. The zero-order chi connectivity index (χ0) is 34.4. The van der Waals surface area contributed by atoms with Gasteiger partial charge in [-0.3, -0.25) is 9.59 Å². The first-order valence-corrected chi connectivity index (χ1v) is 16.4. The van der Waals surface area contributed by atoms with Gasteiger partial charge in [-0.05, 0) is 120 Å². The quantitative estimate of drug-likeness (QED) is 0.225. The summed E-state index contributed by atoms with van der Waals surface area (Å²) in [4.78, 5) is 48.4. The lowest BCUT2D eigenvalue weighted by Crippen LogP contribution is -2.45. The Hall–Kier alpha value is -4.38. The Labute approximate surface area is 284 Å². The first kappa shape index (κ1) is 35.5. The van der Waals surface area contributed by atoms with Crippen LogP contribution >= 0.6 is 15.9 Å². The molecule has 0 spiro atoms. The predicted molar refractivity (Wildman–Crippen MR) is 186 cm³/mol. The van der Waals surface area contributed by atoms with Gasteiger partial charge in [-0.2, -0.15) is 0 Å². The van der Waals surface area contributed by atoms with Gasteiger partial charge < -0.3 is 30.7 Å². The molecule has 47 heavy (non-hydrogen) atoms. The fraction of sp³-hybridized carbons (Fsp3) is 0.389. The average molecular weight is 708 g/mol. The zero-order valence-electron chi connectivity index (χ0n) is 27.7. The van der Waals surface area contributed by atoms with Crippen LogP contribution in [0, 0.1) is 0 Å². The number of rotatable bonds is 3. The predicted octanol–water partition coefficient (Wildman–Crippen LogP) is 7.36. The van der Waals surface area contributed by atoms with Gasteiger partial charge >= 0.3 is 12.2 Å². The van der Waals surface area contributed by atoms with Gasteiger partial charge in [-0.15, -0.1) is 0 Å². The number of halogens is 1. The third-order valence-corrected chi connectivity index (χ3v) is 7.71. The number of aryl methyl sites for hydroxylation is 2. The Bertz CT molecular complexity index is 1610. The van der Waals surface area contributed by atoms with Gasteiger partial charge in [-0.25, -0.2) is 9.59 Å². The van der Waals surface area contributed by atoms with E-state index in [0.717, 1.165) is 38.1 Å². The summed E-state index contributed by atoms with van der Waals surface area (Å²) in [6, 6.07) is 20.6. The van der Waals surface area contributed by atoms with Gasteiger partial charge in [0, 0.05) is 15.8 Å². The standard InChI is InChI=1S/C21H24N2O3.C15H19BrN2O3/c1-21(2,3)26-20(25)23-18-12-10-16-13-15(14-7-5-4-6-8-14)9-11-17(16)22-19(18)24;1-15(2,3)21-14(20)18-12-6-4-9-8-10(16)5-7-11(9)17-13(12)19/h4-9,11,13,18H,10,12H2,1-3H3,(H,22,24)(H,23,25);5,7-8,12H,4,6H2,1-3H3,(H,17,19)(H,18,20)/t18-;12-/m00/s1. The Morgan fingerprint density at radius 2 is 1.15 bits per heavy atom. The molecule has 0 bridgehead atoms. The van der Waals surface area contributed by atoms with Crippen molar-refractivity contribution in [2.75, 3.05) is 10.6 Å². The van der Waals surface area contributed by atoms with Crippen molar-refractivity contribution >= 4 is 51.3 Å². The molecule has 0 aromatic heterocycles. The number of benzene rings is 3. The highest BCUT2D eigenvalue weighted by atomic mass is 79.9. The monoisotopic (exact) mass is 706 g/mol. The number of ether oxygens (including phenoxy) is 2. The lowest BCUT2D eigenvalue weighted by atomic mass is 9.99. The third-order valence-electron chi connectivity index (χ3n) is 7.22. The summed E-state index contributed by atoms with van der Waals surface area (Å²) in [5.41, 5.74) is 4.75. The first-order valence-electron chi connectivity index (χ1n) is 15.6. The van der Waals surface area contributed by atoms with Crippen LogP contribution in [0.2, 0.25) is 0 Å². The molecule has 0 saturated heterocycles. The third kappa shape index (κ3) is 10.8. The number of nitrogens with one attached hydrogen (secondary N) is 4. The summed E-state index contributed by atoms with van der Waals surface area (Å²) in [6.07, 6.45) is 1.30. The van der Waals surface area contributed by atoms with Gasteiger partial charge in [0.25, 0.3) is 0 Å². The van der Waals surface area contributed by atoms with E-state index in [1.54, 1.807) is 41.5 Å². The van der Waals surface area contributed by atoms with E-state index in [0.29, 0.717) is 25.7 Å². The lowest BCUT2D eigenvalue weighted by Gasteiger charge is -2.22. The highest BCUT2D eigenvalue weighted by molar-refractivity contribution is 9.10. The number of alkyl carbamates (subject to hydrolysis) is 2. The number of anilines is 2. The van der Waals surface area contributed by atoms with Crippen LogP contribution in [0.3, 0.4) is 0 Å². The van der Waals surface area contributed by atoms with E-state index in [1.807, 2.05) is 48.5 Å². The van der Waals surface area contributed by atoms with Crippen LogP contribution in [0.4, 0.5) is 21.0 Å². The van der Waals surface area contributed by atoms with Crippen molar-refractivity contribution in [3.05, 3.63) is 82.3 Å². The molecular weight excluding hydrogens is 664 g/mol. The molecule has 0 saturated carbocycles. The number of amides is 4. The smallest absolute Gasteiger partial charge is 0.408 e. The molecule has 2 atom stereocenters. The molecule has 10 nitrogen and oxygen atoms in total. The van der Waals surface area contributed by atoms with Crippen LogP contribution in [0.25, 0.3) is 11.1 Å². The van der Waals surface area contributed by atoms with Crippen LogP contribution in [-0.4, -0.2) is 47.3 Å². The fourth-order valence-electron chi connectivity index (χ4n) is 5.10. The van der Waals surface area contributed by atoms with Crippen LogP contribution in [-0.2, 0) is 31.9 Å². The van der Waals surface area contributed by atoms with Gasteiger partial charge in [0.2, 0.25) is 11.8 Å². The number of hydrogen-bond acceptors (Lipinski definition) is 6. The summed E-state index contributed by atoms with van der Waals surface area (Å²) in [6.45, 7) is 10.7. The topological polar surface area (TPSA) is 135 Å². The minimum absolute atomic E-state index is 0.220. The molecule has 0 fully saturated rings. The second-order valence-electron chi connectivity index (χ2n) is 13.5. The molecule has 3 aromatic carbocycles. The van der Waals surface area contributed by atoms with Crippen LogP contribution in [0.1, 0.15) is 65.5 Å². The molecule has 3 aromatic rings. The maximum atomic E-state index is 12.5. The SMILES string of the molecule is CC(C)(C)OC(=O)N[C@H]1CCc2cc(-c3ccccc3)ccc2NC1=O.CC(C)(C)OC(=O)N[C@H]1CCc2cc(Br)ccc2NC1=O. The summed E-state index contributed by atoms with van der Waals surface area (Å²) in [5, 5.41) is 11.1. The van der Waals surface area contributed by atoms with Crippen LogP contribution < -0.4 is 21.3 Å². The van der Waals surface area contributed by atoms with Crippen molar-refractivity contribution < 1.29 is 28.7 Å². The summed E-state index contributed by atoms with van der Waals surface area (Å²) in [7, 11) is 0. The van der Waals surface area contributed by atoms with E-state index in [9.17, 15) is 19.2 Å². The molecule has 2 aliphatic heterocycles. The van der Waals surface area contributed by atoms with Crippen molar-refractivity contribution in [3.63, 3.8) is 0 Å². The van der Waals surface area contributed by atoms with E-state index in [2.05, 4.69) is 55.4 Å². The number of hydrogen-bond donors (Lipinski definition) is 4. The van der Waals surface area contributed by atoms with E-state index in [1.165, 1.54) is 0 Å². The molecule has 4 amide bonds. The molecule has 5 rings (SSSR count). The highest BCUT2D eigenvalue weighted by Crippen LogP contribution is 2.29. The van der Waals surface area contributed by atoms with Crippen LogP contribution in [0.15, 0.2) is 71.2 Å². The van der Waals surface area contributed by atoms with E-state index in [4.69, 9.17) is 9.47 Å². The molecule has 250 valence electrons. The number of carbonyl (C=O) groups excluding carboxylic acids is 4. The molecular formula is C36H43BrN4O6. The summed E-state index contributed by atoms with van der Waals surface area (Å²) < 4.78 is 11.4. The van der Waals surface area contributed by atoms with E-state index < -0.39 is 35.5 Å². The molecule has 0 unspecified atom stereocenters. The maximum Gasteiger partial charge on any atom is 0.408 e. The maximum absolute atomic E-state index is 12.5. The van der Waals surface area contributed by atoms with Gasteiger partial charge in [-0.1, -0.05) is 52.3 Å². The Kier molecular flexibility index (Phi) is 11.3. The normalized spacial score (nSPS) is 17.5. The van der Waals surface area contributed by atoms with Gasteiger partial charge in [0.1, 0.15) is 23.3 Å². The van der Waals surface area contributed by atoms with Crippen molar-refractivity contribution in [1.82, 2.24) is 10.6 Å². The Morgan fingerprint density at radius 1 is 0.681 bits per heavy atom. The van der Waals surface area contributed by atoms with Crippen molar-refractivity contribution in [1.29, 1.82) is 0 Å². The second kappa shape index (κ2) is 15.0. The van der Waals surface area contributed by atoms with Gasteiger partial charge in [0.15, 0.2) is 0 Å². The van der Waals surface area contributed by atoms with Crippen molar-refractivity contribution in [2.45, 2.75) is 90.5 Å². The highest BCUT2D eigenvalue weighted by Gasteiger charge is 2.29. The van der Waals surface area contributed by atoms with E-state index >= 15 is 0 Å². The molecule has 0 aliphatic carbocycles. The Balaban J connectivity index is 0.000000218. The zero-order valence-corrected chi connectivity index (χ0v) is 29.2. The molecule has 4 N–H and O–H groups in total. The minimum atomic E-state index is -0.613. The minimum Gasteiger partial charge on any atom is -0.444 e. The van der Waals surface area contributed by atoms with Gasteiger partial charge in [0.05, 0.1) is 0 Å². The molecule has 11 heteroatoms. The lowest BCUT2D eigenvalue weighted by molar-refractivity contribution is -0.118. The summed E-state index contributed by atoms with van der Waals surface area (Å²) in [5.74, 6) is -0.441. The van der Waals surface area contributed by atoms with Crippen molar-refractivity contribution in [2.24, 2.45) is 0 Å².